The summed E-state index contributed by atoms with van der Waals surface area (Å²) in [6, 6.07) is 12.8. The summed E-state index contributed by atoms with van der Waals surface area (Å²) < 4.78 is 10.7. The summed E-state index contributed by atoms with van der Waals surface area (Å²) in [4.78, 5) is 29.5. The number of piperazine rings is 1. The smallest absolute Gasteiger partial charge is 0.254 e. The average molecular weight is 473 g/mol. The van der Waals surface area contributed by atoms with Crippen LogP contribution in [-0.4, -0.2) is 65.3 Å². The minimum atomic E-state index is -0.272. The van der Waals surface area contributed by atoms with Gasteiger partial charge in [-0.3, -0.25) is 9.59 Å². The van der Waals surface area contributed by atoms with Crippen molar-refractivity contribution in [3.8, 4) is 23.3 Å². The van der Waals surface area contributed by atoms with Gasteiger partial charge in [0.2, 0.25) is 12.7 Å². The summed E-state index contributed by atoms with van der Waals surface area (Å²) in [5, 5.41) is 10.1. The number of nitrogens with zero attached hydrogens (tertiary/aromatic N) is 2. The Morgan fingerprint density at radius 3 is 2.60 bits per heavy atom. The van der Waals surface area contributed by atoms with Gasteiger partial charge in [0.25, 0.3) is 5.91 Å². The minimum Gasteiger partial charge on any atom is -0.454 e. The number of aliphatic hydroxyl groups is 1. The summed E-state index contributed by atoms with van der Waals surface area (Å²) >= 11 is 0. The molecule has 2 saturated heterocycles. The Bertz CT molecular complexity index is 1210. The fourth-order valence-corrected chi connectivity index (χ4v) is 5.91. The molecular weight excluding hydrogens is 444 g/mol. The number of amides is 2. The Morgan fingerprint density at radius 2 is 1.83 bits per heavy atom. The molecule has 0 radical (unpaired) electrons. The molecule has 1 aliphatic carbocycles. The molecule has 3 atom stereocenters. The van der Waals surface area contributed by atoms with Gasteiger partial charge in [-0.05, 0) is 48.7 Å². The highest BCUT2D eigenvalue weighted by Gasteiger charge is 2.54. The number of carbonyl (C=O) groups is 2. The van der Waals surface area contributed by atoms with Crippen molar-refractivity contribution in [1.29, 1.82) is 0 Å². The first-order valence-electron chi connectivity index (χ1n) is 12.3. The molecular formula is C28H28N2O5. The molecule has 0 spiro atoms. The number of ether oxygens (including phenoxy) is 2. The van der Waals surface area contributed by atoms with Crippen molar-refractivity contribution in [2.75, 3.05) is 26.5 Å². The van der Waals surface area contributed by atoms with Crippen LogP contribution in [0.2, 0.25) is 0 Å². The van der Waals surface area contributed by atoms with Crippen LogP contribution in [0.4, 0.5) is 0 Å². The Morgan fingerprint density at radius 1 is 1.06 bits per heavy atom. The van der Waals surface area contributed by atoms with E-state index < -0.39 is 0 Å². The number of fused-ring (bicyclic) bond motifs is 2. The van der Waals surface area contributed by atoms with Crippen LogP contribution >= 0.6 is 0 Å². The van der Waals surface area contributed by atoms with Crippen molar-refractivity contribution in [1.82, 2.24) is 9.80 Å². The van der Waals surface area contributed by atoms with Crippen LogP contribution in [0, 0.1) is 17.8 Å². The SMILES string of the molecule is O=C(c1ccc2c(c1)OCO2)N1CC(=O)N2[C@@H](CO)[C@@H](c3ccc(C#CC4CCCC4)cc3)[C@@H]2C1. The van der Waals surface area contributed by atoms with Gasteiger partial charge in [-0.2, -0.15) is 0 Å². The van der Waals surface area contributed by atoms with Gasteiger partial charge in [0, 0.05) is 29.5 Å². The first-order chi connectivity index (χ1) is 17.1. The highest BCUT2D eigenvalue weighted by atomic mass is 16.7. The molecule has 180 valence electrons. The Labute approximate surface area is 204 Å². The second-order valence-corrected chi connectivity index (χ2v) is 9.77. The molecule has 7 heteroatoms. The van der Waals surface area contributed by atoms with Crippen molar-refractivity contribution < 1.29 is 24.2 Å². The molecule has 2 amide bonds. The van der Waals surface area contributed by atoms with E-state index in [1.807, 2.05) is 24.3 Å². The first-order valence-corrected chi connectivity index (χ1v) is 12.3. The average Bonchev–Trinajstić information content (AvgIpc) is 3.56. The van der Waals surface area contributed by atoms with Crippen molar-refractivity contribution in [2.24, 2.45) is 5.92 Å². The largest absolute Gasteiger partial charge is 0.454 e. The summed E-state index contributed by atoms with van der Waals surface area (Å²) in [7, 11) is 0. The molecule has 3 fully saturated rings. The van der Waals surface area contributed by atoms with Gasteiger partial charge in [-0.25, -0.2) is 0 Å². The van der Waals surface area contributed by atoms with Crippen LogP contribution in [-0.2, 0) is 4.79 Å². The Hall–Kier alpha value is -3.50. The van der Waals surface area contributed by atoms with Crippen LogP contribution in [0.3, 0.4) is 0 Å². The lowest BCUT2D eigenvalue weighted by Crippen LogP contribution is -2.73. The van der Waals surface area contributed by atoms with Crippen molar-refractivity contribution in [3.63, 3.8) is 0 Å². The summed E-state index contributed by atoms with van der Waals surface area (Å²) in [5.74, 6) is 7.98. The normalized spacial score (nSPS) is 25.1. The van der Waals surface area contributed by atoms with Gasteiger partial charge < -0.3 is 24.4 Å². The van der Waals surface area contributed by atoms with Crippen molar-refractivity contribution in [3.05, 3.63) is 59.2 Å². The molecule has 3 aliphatic heterocycles. The Kier molecular flexibility index (Phi) is 5.62. The molecule has 3 heterocycles. The summed E-state index contributed by atoms with van der Waals surface area (Å²) in [6.07, 6.45) is 4.93. The summed E-state index contributed by atoms with van der Waals surface area (Å²) in [5.41, 5.74) is 2.51. The maximum Gasteiger partial charge on any atom is 0.254 e. The van der Waals surface area contributed by atoms with E-state index in [0.29, 0.717) is 29.5 Å². The number of hydrogen-bond acceptors (Lipinski definition) is 5. The molecule has 1 N–H and O–H groups in total. The molecule has 0 unspecified atom stereocenters. The molecule has 1 saturated carbocycles. The number of benzene rings is 2. The third-order valence-corrected chi connectivity index (χ3v) is 7.73. The van der Waals surface area contributed by atoms with Crippen LogP contribution < -0.4 is 9.47 Å². The highest BCUT2D eigenvalue weighted by molar-refractivity contribution is 5.98. The van der Waals surface area contributed by atoms with E-state index in [0.717, 1.165) is 11.1 Å². The number of carbonyl (C=O) groups excluding carboxylic acids is 2. The van der Waals surface area contributed by atoms with E-state index >= 15 is 0 Å². The number of aliphatic hydroxyl groups excluding tert-OH is 1. The lowest BCUT2D eigenvalue weighted by Gasteiger charge is -2.58. The third-order valence-electron chi connectivity index (χ3n) is 7.73. The van der Waals surface area contributed by atoms with Gasteiger partial charge in [-0.1, -0.05) is 36.8 Å². The van der Waals surface area contributed by atoms with Gasteiger partial charge in [-0.15, -0.1) is 0 Å². The predicted octanol–water partition coefficient (Wildman–Crippen LogP) is 2.77. The van der Waals surface area contributed by atoms with E-state index in [9.17, 15) is 14.7 Å². The summed E-state index contributed by atoms with van der Waals surface area (Å²) in [6.45, 7) is 0.458. The highest BCUT2D eigenvalue weighted by Crippen LogP contribution is 2.43. The first kappa shape index (κ1) is 22.0. The lowest BCUT2D eigenvalue weighted by molar-refractivity contribution is -0.159. The fraction of sp³-hybridized carbons (Fsp3) is 0.429. The van der Waals surface area contributed by atoms with Gasteiger partial charge in [0.05, 0.1) is 18.7 Å². The zero-order valence-corrected chi connectivity index (χ0v) is 19.5. The fourth-order valence-electron chi connectivity index (χ4n) is 5.91. The quantitative estimate of drug-likeness (QED) is 0.695. The molecule has 6 rings (SSSR count). The van der Waals surface area contributed by atoms with E-state index in [-0.39, 0.29) is 49.8 Å². The second kappa shape index (κ2) is 8.94. The zero-order chi connectivity index (χ0) is 23.9. The van der Waals surface area contributed by atoms with Gasteiger partial charge in [0.1, 0.15) is 6.54 Å². The van der Waals surface area contributed by atoms with Crippen molar-refractivity contribution in [2.45, 2.75) is 43.7 Å². The van der Waals surface area contributed by atoms with E-state index in [1.54, 1.807) is 28.0 Å². The van der Waals surface area contributed by atoms with Crippen LogP contribution in [0.1, 0.15) is 53.1 Å². The van der Waals surface area contributed by atoms with Crippen LogP contribution in [0.25, 0.3) is 0 Å². The standard InChI is InChI=1S/C28H28N2O5/c31-16-23-27(20-9-7-19(8-10-20)6-5-18-3-1-2-4-18)22-14-29(15-26(32)30(22)23)28(33)21-11-12-24-25(13-21)35-17-34-24/h7-13,18,22-23,27,31H,1-4,14-17H2/t22-,23-,27-/m0/s1. The maximum absolute atomic E-state index is 13.2. The van der Waals surface area contributed by atoms with Crippen LogP contribution in [0.5, 0.6) is 11.5 Å². The maximum atomic E-state index is 13.2. The van der Waals surface area contributed by atoms with Gasteiger partial charge in [0.15, 0.2) is 11.5 Å². The molecule has 4 aliphatic rings. The second-order valence-electron chi connectivity index (χ2n) is 9.77. The minimum absolute atomic E-state index is 0.00267. The molecule has 7 nitrogen and oxygen atoms in total. The number of rotatable bonds is 3. The Balaban J connectivity index is 1.19. The third kappa shape index (κ3) is 3.92. The van der Waals surface area contributed by atoms with Crippen molar-refractivity contribution >= 4 is 11.8 Å². The van der Waals surface area contributed by atoms with Gasteiger partial charge >= 0.3 is 0 Å². The van der Waals surface area contributed by atoms with E-state index in [2.05, 4.69) is 11.8 Å². The molecule has 0 aromatic heterocycles. The van der Waals surface area contributed by atoms with Crippen LogP contribution in [0.15, 0.2) is 42.5 Å². The van der Waals surface area contributed by atoms with E-state index in [1.165, 1.54) is 25.7 Å². The molecule has 35 heavy (non-hydrogen) atoms. The zero-order valence-electron chi connectivity index (χ0n) is 19.5. The molecule has 0 bridgehead atoms. The monoisotopic (exact) mass is 472 g/mol. The lowest BCUT2D eigenvalue weighted by atomic mass is 9.73. The number of hydrogen-bond donors (Lipinski definition) is 1. The molecule has 2 aromatic rings. The predicted molar refractivity (Wildman–Crippen MR) is 128 cm³/mol. The molecule has 2 aromatic carbocycles. The van der Waals surface area contributed by atoms with E-state index in [4.69, 9.17) is 9.47 Å². The topological polar surface area (TPSA) is 79.3 Å².